The van der Waals surface area contributed by atoms with Crippen LogP contribution in [0.1, 0.15) is 94.2 Å². The van der Waals surface area contributed by atoms with E-state index in [1.807, 2.05) is 0 Å². The second-order valence-electron chi connectivity index (χ2n) is 8.15. The van der Waals surface area contributed by atoms with Gasteiger partial charge in [0.05, 0.1) is 10.6 Å². The molecule has 2 rings (SSSR count). The predicted molar refractivity (Wildman–Crippen MR) is 132 cm³/mol. The Labute approximate surface area is 181 Å². The lowest BCUT2D eigenvalue weighted by atomic mass is 9.99. The van der Waals surface area contributed by atoms with Crippen LogP contribution in [0.5, 0.6) is 0 Å². The van der Waals surface area contributed by atoms with Crippen LogP contribution in [-0.4, -0.2) is 4.57 Å². The summed E-state index contributed by atoms with van der Waals surface area (Å²) < 4.78 is 2.38. The predicted octanol–water partition coefficient (Wildman–Crippen LogP) is 6.34. The van der Waals surface area contributed by atoms with Gasteiger partial charge in [-0.05, 0) is 43.2 Å². The van der Waals surface area contributed by atoms with Crippen LogP contribution in [0, 0.1) is 6.92 Å². The van der Waals surface area contributed by atoms with Crippen LogP contribution in [0.2, 0.25) is 0 Å². The molecular weight excluding hydrogens is 372 g/mol. The van der Waals surface area contributed by atoms with E-state index in [0.717, 1.165) is 34.1 Å². The summed E-state index contributed by atoms with van der Waals surface area (Å²) in [6, 6.07) is 4.16. The molecule has 0 aliphatic heterocycles. The summed E-state index contributed by atoms with van der Waals surface area (Å²) in [5, 5.41) is 4.24. The van der Waals surface area contributed by atoms with Crippen molar-refractivity contribution in [1.82, 2.24) is 4.57 Å². The first-order chi connectivity index (χ1) is 14.0. The molecule has 3 heteroatoms. The Morgan fingerprint density at radius 3 is 2.34 bits per heavy atom. The highest BCUT2D eigenvalue weighted by molar-refractivity contribution is 7.11. The molecule has 0 spiro atoms. The van der Waals surface area contributed by atoms with E-state index in [-0.39, 0.29) is 0 Å². The van der Waals surface area contributed by atoms with E-state index in [2.05, 4.69) is 56.0 Å². The van der Waals surface area contributed by atoms with E-state index in [4.69, 9.17) is 5.73 Å². The summed E-state index contributed by atoms with van der Waals surface area (Å²) in [4.78, 5) is 1.12. The monoisotopic (exact) mass is 412 g/mol. The molecule has 0 fully saturated rings. The van der Waals surface area contributed by atoms with Crippen LogP contribution in [0.3, 0.4) is 0 Å². The number of aromatic nitrogens is 1. The van der Waals surface area contributed by atoms with Crippen molar-refractivity contribution in [2.24, 2.45) is 5.73 Å². The number of rotatable bonds is 13. The molecule has 0 bridgehead atoms. The SMILES string of the molecule is C=C(CCCCC)c1c(C)n(CCCCCCCC)c(=C)/c1=C(/N)c1cccs1. The zero-order valence-electron chi connectivity index (χ0n) is 18.9. The van der Waals surface area contributed by atoms with E-state index in [0.29, 0.717) is 0 Å². The van der Waals surface area contributed by atoms with Gasteiger partial charge in [-0.15, -0.1) is 11.3 Å². The van der Waals surface area contributed by atoms with Crippen molar-refractivity contribution in [1.29, 1.82) is 0 Å². The molecule has 0 aliphatic carbocycles. The van der Waals surface area contributed by atoms with Crippen LogP contribution >= 0.6 is 11.3 Å². The molecule has 2 nitrogen and oxygen atoms in total. The summed E-state index contributed by atoms with van der Waals surface area (Å²) in [5.41, 5.74) is 11.2. The molecule has 2 aromatic rings. The van der Waals surface area contributed by atoms with E-state index >= 15 is 0 Å². The molecule has 0 amide bonds. The maximum Gasteiger partial charge on any atom is 0.0590 e. The molecule has 2 aromatic heterocycles. The van der Waals surface area contributed by atoms with Crippen LogP contribution in [0.25, 0.3) is 17.8 Å². The van der Waals surface area contributed by atoms with E-state index < -0.39 is 0 Å². The van der Waals surface area contributed by atoms with E-state index in [1.54, 1.807) is 11.3 Å². The van der Waals surface area contributed by atoms with Crippen molar-refractivity contribution in [3.8, 4) is 0 Å². The van der Waals surface area contributed by atoms with Crippen molar-refractivity contribution in [3.63, 3.8) is 0 Å². The fourth-order valence-corrected chi connectivity index (χ4v) is 4.83. The van der Waals surface area contributed by atoms with Gasteiger partial charge >= 0.3 is 0 Å². The maximum atomic E-state index is 6.68. The molecule has 0 radical (unpaired) electrons. The first-order valence-electron chi connectivity index (χ1n) is 11.4. The topological polar surface area (TPSA) is 30.9 Å². The average molecular weight is 413 g/mol. The summed E-state index contributed by atoms with van der Waals surface area (Å²) in [6.07, 6.45) is 12.5. The Hall–Kier alpha value is -1.74. The standard InChI is InChI=1S/C26H40N2S/c1-6-8-10-11-12-14-18-28-21(4)24(20(3)16-13-9-7-2)25(22(28)5)26(27)23-17-15-19-29-23/h15,17,19H,3,5-14,16,18,27H2,1-2,4H3/b26-25-. The number of allylic oxidation sites excluding steroid dienone is 1. The number of unbranched alkanes of at least 4 members (excludes halogenated alkanes) is 7. The average Bonchev–Trinajstić information content (AvgIpc) is 3.32. The van der Waals surface area contributed by atoms with Gasteiger partial charge in [-0.25, -0.2) is 0 Å². The second-order valence-corrected chi connectivity index (χ2v) is 9.10. The lowest BCUT2D eigenvalue weighted by molar-refractivity contribution is 0.548. The van der Waals surface area contributed by atoms with Gasteiger partial charge in [0.25, 0.3) is 0 Å². The Bertz CT molecular complexity index is 871. The van der Waals surface area contributed by atoms with Gasteiger partial charge in [-0.3, -0.25) is 0 Å². The van der Waals surface area contributed by atoms with Gasteiger partial charge < -0.3 is 10.3 Å². The molecule has 0 aromatic carbocycles. The first kappa shape index (κ1) is 23.5. The van der Waals surface area contributed by atoms with Gasteiger partial charge in [0, 0.05) is 28.4 Å². The minimum absolute atomic E-state index is 0.849. The number of nitrogens with zero attached hydrogens (tertiary/aromatic N) is 1. The summed E-state index contributed by atoms with van der Waals surface area (Å²) in [6.45, 7) is 16.7. The molecule has 160 valence electrons. The third-order valence-corrected chi connectivity index (χ3v) is 6.76. The number of hydrogen-bond acceptors (Lipinski definition) is 2. The zero-order chi connectivity index (χ0) is 21.2. The summed E-state index contributed by atoms with van der Waals surface area (Å²) in [7, 11) is 0. The first-order valence-corrected chi connectivity index (χ1v) is 12.3. The Kier molecular flexibility index (Phi) is 9.80. The third-order valence-electron chi connectivity index (χ3n) is 5.86. The maximum absolute atomic E-state index is 6.68. The minimum Gasteiger partial charge on any atom is -0.397 e. The molecular formula is C26H40N2S. The molecule has 2 N–H and O–H groups in total. The Balaban J connectivity index is 2.36. The molecule has 0 unspecified atom stereocenters. The molecule has 0 atom stereocenters. The highest BCUT2D eigenvalue weighted by Gasteiger charge is 2.16. The molecule has 2 heterocycles. The van der Waals surface area contributed by atoms with Gasteiger partial charge in [-0.1, -0.05) is 78.0 Å². The molecule has 0 saturated carbocycles. The Morgan fingerprint density at radius 1 is 1.03 bits per heavy atom. The van der Waals surface area contributed by atoms with Gasteiger partial charge in [0.1, 0.15) is 0 Å². The van der Waals surface area contributed by atoms with Gasteiger partial charge in [-0.2, -0.15) is 0 Å². The zero-order valence-corrected chi connectivity index (χ0v) is 19.7. The molecule has 0 aliphatic rings. The van der Waals surface area contributed by atoms with Crippen LogP contribution in [-0.2, 0) is 6.54 Å². The lowest BCUT2D eigenvalue weighted by Crippen LogP contribution is -2.33. The van der Waals surface area contributed by atoms with Crippen LogP contribution in [0.4, 0.5) is 0 Å². The number of nitrogens with two attached hydrogens (primary N) is 1. The van der Waals surface area contributed by atoms with Crippen molar-refractivity contribution in [3.05, 3.63) is 50.8 Å². The fraction of sp³-hybridized carbons (Fsp3) is 0.538. The van der Waals surface area contributed by atoms with Gasteiger partial charge in [0.2, 0.25) is 0 Å². The highest BCUT2D eigenvalue weighted by atomic mass is 32.1. The van der Waals surface area contributed by atoms with Crippen molar-refractivity contribution >= 4 is 29.2 Å². The van der Waals surface area contributed by atoms with Crippen LogP contribution < -0.4 is 16.3 Å². The summed E-state index contributed by atoms with van der Waals surface area (Å²) in [5.74, 6) is 0. The largest absolute Gasteiger partial charge is 0.397 e. The van der Waals surface area contributed by atoms with Gasteiger partial charge in [0.15, 0.2) is 0 Å². The van der Waals surface area contributed by atoms with Crippen LogP contribution in [0.15, 0.2) is 24.1 Å². The fourth-order valence-electron chi connectivity index (χ4n) is 4.14. The van der Waals surface area contributed by atoms with Crippen molar-refractivity contribution in [2.45, 2.75) is 91.5 Å². The highest BCUT2D eigenvalue weighted by Crippen LogP contribution is 2.22. The molecule has 29 heavy (non-hydrogen) atoms. The van der Waals surface area contributed by atoms with Crippen molar-refractivity contribution in [2.75, 3.05) is 0 Å². The molecule has 0 saturated heterocycles. The number of thiophene rings is 1. The number of hydrogen-bond donors (Lipinski definition) is 1. The smallest absolute Gasteiger partial charge is 0.0590 e. The Morgan fingerprint density at radius 2 is 1.69 bits per heavy atom. The van der Waals surface area contributed by atoms with Crippen molar-refractivity contribution < 1.29 is 0 Å². The summed E-state index contributed by atoms with van der Waals surface area (Å²) >= 11 is 1.69. The normalized spacial score (nSPS) is 12.4. The second kappa shape index (κ2) is 12.1. The van der Waals surface area contributed by atoms with E-state index in [1.165, 1.54) is 74.6 Å². The lowest BCUT2D eigenvalue weighted by Gasteiger charge is -2.10. The van der Waals surface area contributed by atoms with E-state index in [9.17, 15) is 0 Å². The third kappa shape index (κ3) is 6.12. The minimum atomic E-state index is 0.849. The quantitative estimate of drug-likeness (QED) is 0.382.